The lowest BCUT2D eigenvalue weighted by Gasteiger charge is -2.14. The van der Waals surface area contributed by atoms with E-state index in [4.69, 9.17) is 22.8 Å². The van der Waals surface area contributed by atoms with Gasteiger partial charge in [-0.15, -0.1) is 6.42 Å². The molecule has 0 unspecified atom stereocenters. The van der Waals surface area contributed by atoms with Crippen molar-refractivity contribution in [3.63, 3.8) is 0 Å². The second-order valence-electron chi connectivity index (χ2n) is 6.06. The van der Waals surface area contributed by atoms with E-state index in [1.165, 1.54) is 11.8 Å². The van der Waals surface area contributed by atoms with Crippen LogP contribution in [0.5, 0.6) is 0 Å². The van der Waals surface area contributed by atoms with Gasteiger partial charge in [-0.05, 0) is 38.5 Å². The summed E-state index contributed by atoms with van der Waals surface area (Å²) in [4.78, 5) is 29.3. The van der Waals surface area contributed by atoms with Crippen molar-refractivity contribution < 1.29 is 9.53 Å². The molecular weight excluding hydrogens is 386 g/mol. The smallest absolute Gasteiger partial charge is 0.262 e. The second kappa shape index (κ2) is 10.4. The van der Waals surface area contributed by atoms with Gasteiger partial charge in [-0.25, -0.2) is 4.98 Å². The lowest BCUT2D eigenvalue weighted by molar-refractivity contribution is -0.118. The van der Waals surface area contributed by atoms with Gasteiger partial charge in [-0.3, -0.25) is 14.2 Å². The van der Waals surface area contributed by atoms with Gasteiger partial charge >= 0.3 is 0 Å². The van der Waals surface area contributed by atoms with E-state index in [-0.39, 0.29) is 29.9 Å². The SMILES string of the molecule is C#CCNC(=O)CSc1nc2cc(Cl)ccc2c(=O)n1CCCOC(C)C. The van der Waals surface area contributed by atoms with Crippen LogP contribution in [-0.2, 0) is 16.1 Å². The molecule has 6 nitrogen and oxygen atoms in total. The van der Waals surface area contributed by atoms with Crippen LogP contribution in [0.25, 0.3) is 10.9 Å². The van der Waals surface area contributed by atoms with Crippen LogP contribution in [-0.4, -0.2) is 40.5 Å². The molecule has 0 fully saturated rings. The minimum atomic E-state index is -0.215. The fourth-order valence-corrected chi connectivity index (χ4v) is 3.38. The maximum atomic E-state index is 12.9. The van der Waals surface area contributed by atoms with E-state index >= 15 is 0 Å². The molecule has 2 aromatic rings. The number of nitrogens with one attached hydrogen (secondary N) is 1. The van der Waals surface area contributed by atoms with Gasteiger partial charge in [0.05, 0.1) is 29.3 Å². The molecule has 1 amide bonds. The molecule has 1 N–H and O–H groups in total. The zero-order chi connectivity index (χ0) is 19.8. The Kier molecular flexibility index (Phi) is 8.17. The first-order chi connectivity index (χ1) is 12.9. The molecule has 1 heterocycles. The first-order valence-corrected chi connectivity index (χ1v) is 9.93. The highest BCUT2D eigenvalue weighted by atomic mass is 35.5. The zero-order valence-corrected chi connectivity index (χ0v) is 16.9. The Hall–Kier alpha value is -2.01. The minimum Gasteiger partial charge on any atom is -0.379 e. The number of amides is 1. The molecule has 27 heavy (non-hydrogen) atoms. The molecular formula is C19H22ClN3O3S. The van der Waals surface area contributed by atoms with Crippen LogP contribution in [0.4, 0.5) is 0 Å². The number of rotatable bonds is 9. The highest BCUT2D eigenvalue weighted by molar-refractivity contribution is 7.99. The lowest BCUT2D eigenvalue weighted by Crippen LogP contribution is -2.27. The molecule has 0 saturated carbocycles. The van der Waals surface area contributed by atoms with E-state index in [1.807, 2.05) is 13.8 Å². The number of hydrogen-bond acceptors (Lipinski definition) is 5. The van der Waals surface area contributed by atoms with Gasteiger partial charge in [0.2, 0.25) is 5.91 Å². The number of carbonyl (C=O) groups is 1. The van der Waals surface area contributed by atoms with Gasteiger partial charge < -0.3 is 10.1 Å². The van der Waals surface area contributed by atoms with Gasteiger partial charge in [0.15, 0.2) is 5.16 Å². The predicted octanol–water partition coefficient (Wildman–Crippen LogP) is 2.71. The summed E-state index contributed by atoms with van der Waals surface area (Å²) in [5.74, 6) is 2.25. The summed E-state index contributed by atoms with van der Waals surface area (Å²) in [6, 6.07) is 4.98. The van der Waals surface area contributed by atoms with Crippen LogP contribution < -0.4 is 10.9 Å². The van der Waals surface area contributed by atoms with E-state index in [1.54, 1.807) is 22.8 Å². The minimum absolute atomic E-state index is 0.114. The molecule has 0 bridgehead atoms. The fourth-order valence-electron chi connectivity index (χ4n) is 2.35. The van der Waals surface area contributed by atoms with Gasteiger partial charge in [0.25, 0.3) is 5.56 Å². The monoisotopic (exact) mass is 407 g/mol. The Bertz CT molecular complexity index is 905. The Balaban J connectivity index is 2.27. The van der Waals surface area contributed by atoms with Crippen molar-refractivity contribution in [2.75, 3.05) is 18.9 Å². The van der Waals surface area contributed by atoms with Crippen LogP contribution in [0.1, 0.15) is 20.3 Å². The molecule has 0 spiro atoms. The predicted molar refractivity (Wildman–Crippen MR) is 109 cm³/mol. The van der Waals surface area contributed by atoms with E-state index in [9.17, 15) is 9.59 Å². The number of carbonyl (C=O) groups excluding carboxylic acids is 1. The molecule has 0 aliphatic rings. The average molecular weight is 408 g/mol. The van der Waals surface area contributed by atoms with Crippen LogP contribution in [0.15, 0.2) is 28.2 Å². The standard InChI is InChI=1S/C19H22ClN3O3S/c1-4-8-21-17(24)12-27-19-22-16-11-14(20)6-7-15(16)18(25)23(19)9-5-10-26-13(2)3/h1,6-7,11,13H,5,8-10,12H2,2-3H3,(H,21,24). The largest absolute Gasteiger partial charge is 0.379 e. The number of hydrogen-bond donors (Lipinski definition) is 1. The molecule has 0 radical (unpaired) electrons. The first kappa shape index (κ1) is 21.3. The molecule has 1 aromatic heterocycles. The maximum Gasteiger partial charge on any atom is 0.262 e. The third-order valence-electron chi connectivity index (χ3n) is 3.58. The van der Waals surface area contributed by atoms with Crippen LogP contribution in [0, 0.1) is 12.3 Å². The van der Waals surface area contributed by atoms with Crippen molar-refractivity contribution in [3.05, 3.63) is 33.6 Å². The summed E-state index contributed by atoms with van der Waals surface area (Å²) in [6.45, 7) is 5.08. The maximum absolute atomic E-state index is 12.9. The first-order valence-electron chi connectivity index (χ1n) is 8.57. The highest BCUT2D eigenvalue weighted by Gasteiger charge is 2.13. The summed E-state index contributed by atoms with van der Waals surface area (Å²) in [5.41, 5.74) is 0.349. The van der Waals surface area contributed by atoms with Crippen molar-refractivity contribution in [1.82, 2.24) is 14.9 Å². The molecule has 8 heteroatoms. The lowest BCUT2D eigenvalue weighted by atomic mass is 10.2. The normalized spacial score (nSPS) is 10.9. The number of nitrogens with zero attached hydrogens (tertiary/aromatic N) is 2. The van der Waals surface area contributed by atoms with Gasteiger partial charge in [0, 0.05) is 18.2 Å². The zero-order valence-electron chi connectivity index (χ0n) is 15.3. The van der Waals surface area contributed by atoms with Crippen molar-refractivity contribution in [3.8, 4) is 12.3 Å². The molecule has 0 aliphatic heterocycles. The quantitative estimate of drug-likeness (QED) is 0.299. The van der Waals surface area contributed by atoms with Crippen LogP contribution in [0.3, 0.4) is 0 Å². The molecule has 2 rings (SSSR count). The van der Waals surface area contributed by atoms with E-state index in [0.29, 0.717) is 40.7 Å². The van der Waals surface area contributed by atoms with Crippen molar-refractivity contribution in [2.24, 2.45) is 0 Å². The van der Waals surface area contributed by atoms with Crippen molar-refractivity contribution in [1.29, 1.82) is 0 Å². The number of halogens is 1. The summed E-state index contributed by atoms with van der Waals surface area (Å²) in [5, 5.41) is 4.05. The van der Waals surface area contributed by atoms with Crippen LogP contribution in [0.2, 0.25) is 5.02 Å². The molecule has 1 aromatic carbocycles. The molecule has 0 aliphatic carbocycles. The summed E-state index contributed by atoms with van der Waals surface area (Å²) in [7, 11) is 0. The summed E-state index contributed by atoms with van der Waals surface area (Å²) >= 11 is 7.22. The number of aromatic nitrogens is 2. The second-order valence-corrected chi connectivity index (χ2v) is 7.43. The van der Waals surface area contributed by atoms with E-state index < -0.39 is 0 Å². The average Bonchev–Trinajstić information content (AvgIpc) is 2.62. The Morgan fingerprint density at radius 1 is 1.48 bits per heavy atom. The Morgan fingerprint density at radius 2 is 2.26 bits per heavy atom. The van der Waals surface area contributed by atoms with E-state index in [2.05, 4.69) is 16.2 Å². The van der Waals surface area contributed by atoms with Crippen LogP contribution >= 0.6 is 23.4 Å². The van der Waals surface area contributed by atoms with Gasteiger partial charge in [0.1, 0.15) is 0 Å². The highest BCUT2D eigenvalue weighted by Crippen LogP contribution is 2.20. The van der Waals surface area contributed by atoms with Crippen molar-refractivity contribution >= 4 is 40.2 Å². The third-order valence-corrected chi connectivity index (χ3v) is 4.79. The summed E-state index contributed by atoms with van der Waals surface area (Å²) < 4.78 is 7.13. The number of thioether (sulfide) groups is 1. The molecule has 144 valence electrons. The Labute approximate surface area is 167 Å². The number of ether oxygens (including phenoxy) is 1. The number of terminal acetylenes is 1. The molecule has 0 atom stereocenters. The number of fused-ring (bicyclic) bond motifs is 1. The summed E-state index contributed by atoms with van der Waals surface area (Å²) in [6.07, 6.45) is 5.93. The Morgan fingerprint density at radius 3 is 2.96 bits per heavy atom. The van der Waals surface area contributed by atoms with Crippen molar-refractivity contribution in [2.45, 2.75) is 38.1 Å². The van der Waals surface area contributed by atoms with E-state index in [0.717, 1.165) is 0 Å². The number of benzene rings is 1. The van der Waals surface area contributed by atoms with Gasteiger partial charge in [-0.2, -0.15) is 0 Å². The molecule has 0 saturated heterocycles. The third kappa shape index (κ3) is 6.28. The fraction of sp³-hybridized carbons (Fsp3) is 0.421. The van der Waals surface area contributed by atoms with Gasteiger partial charge in [-0.1, -0.05) is 29.3 Å². The topological polar surface area (TPSA) is 73.2 Å².